The Morgan fingerprint density at radius 2 is 1.73 bits per heavy atom. The van der Waals surface area contributed by atoms with E-state index in [4.69, 9.17) is 20.4 Å². The van der Waals surface area contributed by atoms with Crippen molar-refractivity contribution in [3.63, 3.8) is 0 Å². The van der Waals surface area contributed by atoms with Crippen LogP contribution in [0.5, 0.6) is 0 Å². The van der Waals surface area contributed by atoms with E-state index in [0.717, 1.165) is 0 Å². The van der Waals surface area contributed by atoms with Crippen molar-refractivity contribution in [3.05, 3.63) is 0 Å². The van der Waals surface area contributed by atoms with Gasteiger partial charge in [0, 0.05) is 6.42 Å². The van der Waals surface area contributed by atoms with Gasteiger partial charge in [-0.25, -0.2) is 0 Å². The van der Waals surface area contributed by atoms with Crippen LogP contribution in [0.2, 0.25) is 0 Å². The summed E-state index contributed by atoms with van der Waals surface area (Å²) in [6.07, 6.45) is -3.85. The van der Waals surface area contributed by atoms with E-state index < -0.39 is 24.9 Å². The molecule has 0 amide bonds. The topological polar surface area (TPSA) is 98.0 Å². The number of aliphatic hydroxyl groups excluding tert-OH is 4. The van der Waals surface area contributed by atoms with Crippen molar-refractivity contribution in [2.24, 2.45) is 0 Å². The summed E-state index contributed by atoms with van der Waals surface area (Å²) in [5.41, 5.74) is 0. The zero-order valence-corrected chi connectivity index (χ0v) is 5.92. The molecule has 0 aliphatic carbocycles. The van der Waals surface area contributed by atoms with Gasteiger partial charge in [-0.05, 0) is 0 Å². The minimum atomic E-state index is -1.30. The van der Waals surface area contributed by atoms with Crippen LogP contribution in [-0.2, 0) is 4.79 Å². The molecule has 0 aromatic carbocycles. The lowest BCUT2D eigenvalue weighted by atomic mass is 10.1. The lowest BCUT2D eigenvalue weighted by molar-refractivity contribution is -0.117. The van der Waals surface area contributed by atoms with Crippen molar-refractivity contribution >= 4 is 6.29 Å². The van der Waals surface area contributed by atoms with Crippen LogP contribution >= 0.6 is 0 Å². The van der Waals surface area contributed by atoms with E-state index in [1.807, 2.05) is 0 Å². The van der Waals surface area contributed by atoms with Crippen molar-refractivity contribution in [1.82, 2.24) is 0 Å². The normalized spacial score (nSPS) is 18.9. The van der Waals surface area contributed by atoms with Crippen molar-refractivity contribution in [3.8, 4) is 0 Å². The summed E-state index contributed by atoms with van der Waals surface area (Å²) in [4.78, 5) is 9.85. The average molecular weight is 164 g/mol. The summed E-state index contributed by atoms with van der Waals surface area (Å²) in [7, 11) is 0. The minimum absolute atomic E-state index is 0.257. The molecule has 0 aromatic heterocycles. The Morgan fingerprint density at radius 3 is 2.09 bits per heavy atom. The van der Waals surface area contributed by atoms with Crippen LogP contribution in [-0.4, -0.2) is 51.6 Å². The molecule has 11 heavy (non-hydrogen) atoms. The van der Waals surface area contributed by atoms with Crippen LogP contribution in [0.1, 0.15) is 6.42 Å². The second-order valence-electron chi connectivity index (χ2n) is 2.26. The molecule has 3 atom stereocenters. The Balaban J connectivity index is 3.66. The largest absolute Gasteiger partial charge is 0.394 e. The quantitative estimate of drug-likeness (QED) is 0.341. The van der Waals surface area contributed by atoms with E-state index in [0.29, 0.717) is 0 Å². The van der Waals surface area contributed by atoms with E-state index in [2.05, 4.69) is 0 Å². The van der Waals surface area contributed by atoms with Gasteiger partial charge in [0.15, 0.2) is 0 Å². The third-order valence-electron chi connectivity index (χ3n) is 1.27. The van der Waals surface area contributed by atoms with Gasteiger partial charge in [-0.15, -0.1) is 0 Å². The van der Waals surface area contributed by atoms with Crippen molar-refractivity contribution < 1.29 is 25.2 Å². The fraction of sp³-hybridized carbons (Fsp3) is 0.833. The molecule has 0 fully saturated rings. The summed E-state index contributed by atoms with van der Waals surface area (Å²) in [6.45, 7) is -0.591. The standard InChI is InChI=1S/C6H12O5/c7-2-4(9)1-5(10)6(11)3-8/h2,4-6,8-11H,1,3H2/t4-,5-,6-/m0/s1. The van der Waals surface area contributed by atoms with Crippen LogP contribution in [0, 0.1) is 0 Å². The van der Waals surface area contributed by atoms with Gasteiger partial charge in [-0.2, -0.15) is 0 Å². The van der Waals surface area contributed by atoms with Crippen LogP contribution in [0.3, 0.4) is 0 Å². The zero-order chi connectivity index (χ0) is 8.85. The van der Waals surface area contributed by atoms with Crippen LogP contribution < -0.4 is 0 Å². The summed E-state index contributed by atoms with van der Waals surface area (Å²) >= 11 is 0. The number of carbonyl (C=O) groups is 1. The van der Waals surface area contributed by atoms with Gasteiger partial charge in [-0.1, -0.05) is 0 Å². The molecule has 0 rings (SSSR count). The maximum Gasteiger partial charge on any atom is 0.148 e. The Kier molecular flexibility index (Phi) is 4.97. The maximum atomic E-state index is 9.85. The number of aliphatic hydroxyl groups is 4. The first-order chi connectivity index (χ1) is 5.11. The number of rotatable bonds is 5. The van der Waals surface area contributed by atoms with Gasteiger partial charge in [0.2, 0.25) is 0 Å². The van der Waals surface area contributed by atoms with Gasteiger partial charge in [0.1, 0.15) is 18.5 Å². The number of hydrogen-bond donors (Lipinski definition) is 4. The second kappa shape index (κ2) is 5.20. The molecule has 4 N–H and O–H groups in total. The highest BCUT2D eigenvalue weighted by atomic mass is 16.4. The van der Waals surface area contributed by atoms with E-state index in [-0.39, 0.29) is 12.7 Å². The first-order valence-corrected chi connectivity index (χ1v) is 3.22. The molecule has 5 heteroatoms. The molecule has 66 valence electrons. The molecule has 0 saturated heterocycles. The fourth-order valence-corrected chi connectivity index (χ4v) is 0.582. The molecule has 0 aliphatic heterocycles. The summed E-state index contributed by atoms with van der Waals surface area (Å²) < 4.78 is 0. The first kappa shape index (κ1) is 10.5. The summed E-state index contributed by atoms with van der Waals surface area (Å²) in [5, 5.41) is 34.6. The van der Waals surface area contributed by atoms with Gasteiger partial charge in [-0.3, -0.25) is 0 Å². The highest BCUT2D eigenvalue weighted by molar-refractivity contribution is 5.55. The molecule has 0 unspecified atom stereocenters. The second-order valence-corrected chi connectivity index (χ2v) is 2.26. The van der Waals surface area contributed by atoms with Crippen LogP contribution in [0.4, 0.5) is 0 Å². The first-order valence-electron chi connectivity index (χ1n) is 3.22. The minimum Gasteiger partial charge on any atom is -0.394 e. The molecule has 0 bridgehead atoms. The fourth-order valence-electron chi connectivity index (χ4n) is 0.582. The molecule has 0 aliphatic rings. The summed E-state index contributed by atoms with van der Waals surface area (Å²) in [5.74, 6) is 0. The van der Waals surface area contributed by atoms with Gasteiger partial charge >= 0.3 is 0 Å². The highest BCUT2D eigenvalue weighted by Crippen LogP contribution is 2.00. The molecule has 5 nitrogen and oxygen atoms in total. The molecule has 0 spiro atoms. The van der Waals surface area contributed by atoms with Gasteiger partial charge in [0.05, 0.1) is 12.7 Å². The molecular formula is C6H12O5. The van der Waals surface area contributed by atoms with E-state index in [1.54, 1.807) is 0 Å². The number of aldehydes is 1. The number of hydrogen-bond acceptors (Lipinski definition) is 5. The third-order valence-corrected chi connectivity index (χ3v) is 1.27. The molecule has 0 aromatic rings. The zero-order valence-electron chi connectivity index (χ0n) is 5.92. The monoisotopic (exact) mass is 164 g/mol. The van der Waals surface area contributed by atoms with Gasteiger partial charge < -0.3 is 25.2 Å². The lowest BCUT2D eigenvalue weighted by Crippen LogP contribution is -2.33. The Bertz CT molecular complexity index is 116. The molecule has 0 radical (unpaired) electrons. The van der Waals surface area contributed by atoms with Crippen LogP contribution in [0.15, 0.2) is 0 Å². The Labute approximate surface area is 63.9 Å². The molecule has 0 saturated carbocycles. The van der Waals surface area contributed by atoms with Crippen LogP contribution in [0.25, 0.3) is 0 Å². The van der Waals surface area contributed by atoms with E-state index >= 15 is 0 Å². The molecule has 0 heterocycles. The van der Waals surface area contributed by atoms with Crippen molar-refractivity contribution in [2.75, 3.05) is 6.61 Å². The SMILES string of the molecule is O=C[C@@H](O)C[C@H](O)[C@@H](O)CO. The maximum absolute atomic E-state index is 9.85. The summed E-state index contributed by atoms with van der Waals surface area (Å²) in [6, 6.07) is 0. The molecular weight excluding hydrogens is 152 g/mol. The van der Waals surface area contributed by atoms with Crippen molar-refractivity contribution in [2.45, 2.75) is 24.7 Å². The van der Waals surface area contributed by atoms with Gasteiger partial charge in [0.25, 0.3) is 0 Å². The lowest BCUT2D eigenvalue weighted by Gasteiger charge is -2.15. The average Bonchev–Trinajstić information content (AvgIpc) is 2.02. The van der Waals surface area contributed by atoms with Crippen molar-refractivity contribution in [1.29, 1.82) is 0 Å². The predicted molar refractivity (Wildman–Crippen MR) is 35.8 cm³/mol. The van der Waals surface area contributed by atoms with E-state index in [9.17, 15) is 4.79 Å². The highest BCUT2D eigenvalue weighted by Gasteiger charge is 2.18. The Morgan fingerprint density at radius 1 is 1.18 bits per heavy atom. The predicted octanol–water partition coefficient (Wildman–Crippen LogP) is -2.35. The Hall–Kier alpha value is -0.490. The van der Waals surface area contributed by atoms with E-state index in [1.165, 1.54) is 0 Å². The smallest absolute Gasteiger partial charge is 0.148 e. The number of carbonyl (C=O) groups excluding carboxylic acids is 1. The third kappa shape index (κ3) is 4.05.